The molecule has 3 heteroatoms. The molecule has 0 heterocycles. The molecule has 3 fully saturated rings. The van der Waals surface area contributed by atoms with Crippen molar-refractivity contribution in [1.29, 1.82) is 0 Å². The van der Waals surface area contributed by atoms with Gasteiger partial charge in [-0.2, -0.15) is 0 Å². The van der Waals surface area contributed by atoms with E-state index in [9.17, 15) is 5.11 Å². The average molecular weight is 515 g/mol. The molecule has 0 spiro atoms. The van der Waals surface area contributed by atoms with Crippen molar-refractivity contribution in [2.45, 2.75) is 144 Å². The van der Waals surface area contributed by atoms with Crippen LogP contribution >= 0.6 is 0 Å². The van der Waals surface area contributed by atoms with Crippen molar-refractivity contribution in [3.63, 3.8) is 0 Å². The molecule has 0 aliphatic heterocycles. The Morgan fingerprint density at radius 1 is 1.14 bits per heavy atom. The highest BCUT2D eigenvalue weighted by molar-refractivity contribution is 6.74. The zero-order valence-electron chi connectivity index (χ0n) is 25.4. The molecule has 0 aromatic carbocycles. The predicted molar refractivity (Wildman–Crippen MR) is 156 cm³/mol. The van der Waals surface area contributed by atoms with Crippen LogP contribution in [0.3, 0.4) is 0 Å². The average Bonchev–Trinajstić information content (AvgIpc) is 2.96. The summed E-state index contributed by atoms with van der Waals surface area (Å²) in [7, 11) is -1.75. The largest absolute Gasteiger partial charge is 0.414 e. The van der Waals surface area contributed by atoms with E-state index in [2.05, 4.69) is 80.6 Å². The van der Waals surface area contributed by atoms with Crippen molar-refractivity contribution in [2.75, 3.05) is 0 Å². The molecule has 8 atom stereocenters. The molecule has 0 aromatic heterocycles. The lowest BCUT2D eigenvalue weighted by molar-refractivity contribution is -0.0663. The minimum atomic E-state index is -1.75. The Morgan fingerprint density at radius 3 is 2.44 bits per heavy atom. The van der Waals surface area contributed by atoms with E-state index in [0.29, 0.717) is 35.2 Å². The van der Waals surface area contributed by atoms with Crippen molar-refractivity contribution in [3.05, 3.63) is 23.3 Å². The van der Waals surface area contributed by atoms with E-state index < -0.39 is 8.32 Å². The molecule has 3 saturated carbocycles. The summed E-state index contributed by atoms with van der Waals surface area (Å²) in [4.78, 5) is 0. The molecule has 0 aromatic rings. The topological polar surface area (TPSA) is 29.5 Å². The normalized spacial score (nSPS) is 42.2. The second-order valence-electron chi connectivity index (χ2n) is 15.6. The highest BCUT2D eigenvalue weighted by atomic mass is 28.4. The van der Waals surface area contributed by atoms with Crippen LogP contribution in [0.4, 0.5) is 0 Å². The lowest BCUT2D eigenvalue weighted by Gasteiger charge is -2.58. The summed E-state index contributed by atoms with van der Waals surface area (Å²) in [6, 6.07) is 0. The first-order valence-corrected chi connectivity index (χ1v) is 18.3. The maximum absolute atomic E-state index is 11.7. The van der Waals surface area contributed by atoms with E-state index >= 15 is 0 Å². The minimum absolute atomic E-state index is 0.183. The Bertz CT molecular complexity index is 863. The Balaban J connectivity index is 1.53. The van der Waals surface area contributed by atoms with E-state index in [0.717, 1.165) is 18.8 Å². The molecule has 0 amide bonds. The summed E-state index contributed by atoms with van der Waals surface area (Å²) in [6.07, 6.45) is 16.5. The third kappa shape index (κ3) is 4.88. The summed E-state index contributed by atoms with van der Waals surface area (Å²) in [5.41, 5.74) is 3.76. The van der Waals surface area contributed by atoms with Crippen LogP contribution in [-0.2, 0) is 4.43 Å². The fourth-order valence-electron chi connectivity index (χ4n) is 8.76. The lowest BCUT2D eigenvalue weighted by Crippen LogP contribution is -2.52. The number of unbranched alkanes of at least 4 members (excludes halogenated alkanes) is 1. The van der Waals surface area contributed by atoms with E-state index in [-0.39, 0.29) is 16.6 Å². The number of rotatable bonds is 6. The number of hydrogen-bond acceptors (Lipinski definition) is 2. The molecule has 2 nitrogen and oxygen atoms in total. The van der Waals surface area contributed by atoms with Crippen LogP contribution in [-0.4, -0.2) is 25.6 Å². The summed E-state index contributed by atoms with van der Waals surface area (Å²) < 4.78 is 6.92. The smallest absolute Gasteiger partial charge is 0.192 e. The second kappa shape index (κ2) is 9.98. The predicted octanol–water partition coefficient (Wildman–Crippen LogP) is 9.31. The van der Waals surface area contributed by atoms with Crippen LogP contribution in [0.25, 0.3) is 0 Å². The van der Waals surface area contributed by atoms with Gasteiger partial charge >= 0.3 is 0 Å². The maximum Gasteiger partial charge on any atom is 0.192 e. The number of aliphatic hydroxyl groups is 1. The molecule has 1 unspecified atom stereocenters. The van der Waals surface area contributed by atoms with Gasteiger partial charge in [-0.1, -0.05) is 85.1 Å². The fourth-order valence-corrected chi connectivity index (χ4v) is 10.1. The van der Waals surface area contributed by atoms with Gasteiger partial charge in [0, 0.05) is 12.0 Å². The van der Waals surface area contributed by atoms with Gasteiger partial charge in [0.2, 0.25) is 0 Å². The molecule has 4 aliphatic carbocycles. The molecule has 206 valence electrons. The van der Waals surface area contributed by atoms with Crippen molar-refractivity contribution in [3.8, 4) is 0 Å². The molecule has 0 saturated heterocycles. The number of allylic oxidation sites excluding steroid dienone is 2. The van der Waals surface area contributed by atoms with Crippen molar-refractivity contribution >= 4 is 8.32 Å². The highest BCUT2D eigenvalue weighted by Crippen LogP contribution is 2.67. The third-order valence-corrected chi connectivity index (χ3v) is 16.5. The van der Waals surface area contributed by atoms with Gasteiger partial charge in [0.1, 0.15) is 0 Å². The molecular formula is C33H58O2Si. The first kappa shape index (κ1) is 28.6. The molecule has 0 radical (unpaired) electrons. The second-order valence-corrected chi connectivity index (χ2v) is 20.4. The first-order valence-electron chi connectivity index (χ1n) is 15.4. The van der Waals surface area contributed by atoms with Crippen LogP contribution in [0.1, 0.15) is 113 Å². The van der Waals surface area contributed by atoms with Crippen molar-refractivity contribution < 1.29 is 9.53 Å². The van der Waals surface area contributed by atoms with Gasteiger partial charge in [-0.25, -0.2) is 0 Å². The summed E-state index contributed by atoms with van der Waals surface area (Å²) in [5.74, 6) is 2.84. The molecule has 4 rings (SSSR count). The Morgan fingerprint density at radius 2 is 1.81 bits per heavy atom. The summed E-state index contributed by atoms with van der Waals surface area (Å²) in [6.45, 7) is 23.9. The SMILES string of the molecule is CC(C)CCC/C=C1\[C@H](C)[C@@H](O)C2[C@@H]3CC=C4C[C@@H](O[Si](C)(C)C(C)(C)C)CC[C@]4(C)[C@H]3CC[C@]12C. The van der Waals surface area contributed by atoms with Gasteiger partial charge in [-0.3, -0.25) is 0 Å². The van der Waals surface area contributed by atoms with Crippen LogP contribution in [0.5, 0.6) is 0 Å². The van der Waals surface area contributed by atoms with Crippen LogP contribution in [0, 0.1) is 40.4 Å². The Kier molecular flexibility index (Phi) is 7.93. The number of aliphatic hydroxyl groups excluding tert-OH is 1. The quantitative estimate of drug-likeness (QED) is 0.217. The molecule has 1 N–H and O–H groups in total. The van der Waals surface area contributed by atoms with Crippen LogP contribution in [0.2, 0.25) is 18.1 Å². The van der Waals surface area contributed by atoms with Gasteiger partial charge in [0.05, 0.1) is 6.10 Å². The molecule has 36 heavy (non-hydrogen) atoms. The number of fused-ring (bicyclic) bond motifs is 5. The third-order valence-electron chi connectivity index (χ3n) is 12.0. The maximum atomic E-state index is 11.7. The van der Waals surface area contributed by atoms with E-state index in [1.54, 1.807) is 11.1 Å². The van der Waals surface area contributed by atoms with E-state index in [1.165, 1.54) is 44.9 Å². The van der Waals surface area contributed by atoms with Crippen LogP contribution in [0.15, 0.2) is 23.3 Å². The van der Waals surface area contributed by atoms with E-state index in [4.69, 9.17) is 4.43 Å². The minimum Gasteiger partial charge on any atom is -0.414 e. The summed E-state index contributed by atoms with van der Waals surface area (Å²) >= 11 is 0. The van der Waals surface area contributed by atoms with Gasteiger partial charge in [-0.05, 0) is 104 Å². The first-order chi connectivity index (χ1) is 16.6. The molecule has 0 bridgehead atoms. The standard InChI is InChI=1S/C33H58O2Si/c1-22(2)13-11-12-14-27-23(3)30(34)29-26-16-15-24-21-25(35-36(9,10)31(4,5)6)17-19-32(24,7)28(26)18-20-33(27,29)8/h14-15,22-23,25-26,28-30,34H,11-13,16-21H2,1-10H3/b27-14+/t23-,25-,26+,28-,29?,30+,32-,33+/m0/s1. The zero-order chi connectivity index (χ0) is 26.7. The Labute approximate surface area is 224 Å². The van der Waals surface area contributed by atoms with E-state index in [1.807, 2.05) is 0 Å². The zero-order valence-corrected chi connectivity index (χ0v) is 26.4. The van der Waals surface area contributed by atoms with Gasteiger partial charge in [0.15, 0.2) is 8.32 Å². The highest BCUT2D eigenvalue weighted by Gasteiger charge is 2.61. The van der Waals surface area contributed by atoms with Gasteiger partial charge in [-0.15, -0.1) is 0 Å². The monoisotopic (exact) mass is 514 g/mol. The van der Waals surface area contributed by atoms with Crippen molar-refractivity contribution in [1.82, 2.24) is 0 Å². The van der Waals surface area contributed by atoms with Gasteiger partial charge in [0.25, 0.3) is 0 Å². The fraction of sp³-hybridized carbons (Fsp3) is 0.879. The van der Waals surface area contributed by atoms with Crippen LogP contribution < -0.4 is 0 Å². The Hall–Kier alpha value is -0.383. The van der Waals surface area contributed by atoms with Gasteiger partial charge < -0.3 is 9.53 Å². The summed E-state index contributed by atoms with van der Waals surface area (Å²) in [5, 5.41) is 11.9. The van der Waals surface area contributed by atoms with Crippen molar-refractivity contribution in [2.24, 2.45) is 40.4 Å². The molecule has 4 aliphatic rings. The lowest BCUT2D eigenvalue weighted by atomic mass is 9.47. The molecular weight excluding hydrogens is 456 g/mol. The number of hydrogen-bond donors (Lipinski definition) is 1.